The first kappa shape index (κ1) is 15.9. The van der Waals surface area contributed by atoms with Crippen molar-refractivity contribution in [1.29, 1.82) is 0 Å². The van der Waals surface area contributed by atoms with E-state index < -0.39 is 0 Å². The number of amides is 1. The van der Waals surface area contributed by atoms with Crippen LogP contribution in [0.25, 0.3) is 11.0 Å². The standard InChI is InChI=1S/C19H25NO3/c1-3-20(15-7-5-4-6-8-15)19(21)11-14-13-23-18-12-16(22-2)9-10-17(14)18/h9-10,12-13,15H,3-8,11H2,1-2H3. The van der Waals surface area contributed by atoms with Gasteiger partial charge in [0.25, 0.3) is 0 Å². The van der Waals surface area contributed by atoms with E-state index >= 15 is 0 Å². The predicted molar refractivity (Wildman–Crippen MR) is 90.7 cm³/mol. The Morgan fingerprint density at radius 3 is 2.78 bits per heavy atom. The molecule has 0 spiro atoms. The zero-order valence-corrected chi connectivity index (χ0v) is 14.0. The third-order valence-electron chi connectivity index (χ3n) is 4.88. The van der Waals surface area contributed by atoms with Crippen molar-refractivity contribution in [2.45, 2.75) is 51.5 Å². The van der Waals surface area contributed by atoms with Gasteiger partial charge in [-0.15, -0.1) is 0 Å². The SMILES string of the molecule is CCN(C(=O)Cc1coc2cc(OC)ccc12)C1CCCCC1. The van der Waals surface area contributed by atoms with E-state index in [1.54, 1.807) is 13.4 Å². The summed E-state index contributed by atoms with van der Waals surface area (Å²) in [7, 11) is 1.64. The molecule has 1 aromatic carbocycles. The van der Waals surface area contributed by atoms with Gasteiger partial charge in [-0.25, -0.2) is 0 Å². The van der Waals surface area contributed by atoms with Crippen molar-refractivity contribution < 1.29 is 13.9 Å². The van der Waals surface area contributed by atoms with E-state index in [0.717, 1.165) is 41.7 Å². The first-order valence-electron chi connectivity index (χ1n) is 8.56. The molecule has 1 aromatic heterocycles. The largest absolute Gasteiger partial charge is 0.497 e. The van der Waals surface area contributed by atoms with Crippen molar-refractivity contribution in [1.82, 2.24) is 4.90 Å². The first-order chi connectivity index (χ1) is 11.2. The summed E-state index contributed by atoms with van der Waals surface area (Å²) in [6.45, 7) is 2.86. The van der Waals surface area contributed by atoms with Gasteiger partial charge >= 0.3 is 0 Å². The van der Waals surface area contributed by atoms with Gasteiger partial charge in [-0.3, -0.25) is 4.79 Å². The molecule has 1 aliphatic rings. The van der Waals surface area contributed by atoms with Gasteiger partial charge in [0.1, 0.15) is 11.3 Å². The molecule has 2 aromatic rings. The van der Waals surface area contributed by atoms with Crippen LogP contribution < -0.4 is 4.74 Å². The Morgan fingerprint density at radius 1 is 1.30 bits per heavy atom. The van der Waals surface area contributed by atoms with Crippen LogP contribution in [0.15, 0.2) is 28.9 Å². The maximum atomic E-state index is 12.8. The summed E-state index contributed by atoms with van der Waals surface area (Å²) in [4.78, 5) is 14.8. The molecule has 1 heterocycles. The van der Waals surface area contributed by atoms with Gasteiger partial charge in [-0.05, 0) is 31.9 Å². The molecule has 23 heavy (non-hydrogen) atoms. The Kier molecular flexibility index (Phi) is 4.89. The molecule has 4 heteroatoms. The van der Waals surface area contributed by atoms with Gasteiger partial charge in [-0.1, -0.05) is 19.3 Å². The molecule has 1 fully saturated rings. The highest BCUT2D eigenvalue weighted by atomic mass is 16.5. The van der Waals surface area contributed by atoms with Gasteiger partial charge < -0.3 is 14.1 Å². The highest BCUT2D eigenvalue weighted by Crippen LogP contribution is 2.27. The van der Waals surface area contributed by atoms with Crippen LogP contribution in [0.5, 0.6) is 5.75 Å². The van der Waals surface area contributed by atoms with Crippen LogP contribution in [-0.4, -0.2) is 30.5 Å². The molecule has 0 aliphatic heterocycles. The molecule has 0 unspecified atom stereocenters. The summed E-state index contributed by atoms with van der Waals surface area (Å²) in [5.74, 6) is 0.972. The first-order valence-corrected chi connectivity index (χ1v) is 8.56. The van der Waals surface area contributed by atoms with E-state index in [1.165, 1.54) is 19.3 Å². The van der Waals surface area contributed by atoms with Crippen LogP contribution in [0.3, 0.4) is 0 Å². The molecule has 0 radical (unpaired) electrons. The average Bonchev–Trinajstić information content (AvgIpc) is 2.98. The number of hydrogen-bond acceptors (Lipinski definition) is 3. The van der Waals surface area contributed by atoms with E-state index in [9.17, 15) is 4.79 Å². The Labute approximate surface area is 137 Å². The van der Waals surface area contributed by atoms with E-state index in [0.29, 0.717) is 12.5 Å². The monoisotopic (exact) mass is 315 g/mol. The normalized spacial score (nSPS) is 15.7. The molecule has 4 nitrogen and oxygen atoms in total. The van der Waals surface area contributed by atoms with Crippen molar-refractivity contribution in [3.05, 3.63) is 30.0 Å². The summed E-state index contributed by atoms with van der Waals surface area (Å²) in [6.07, 6.45) is 8.18. The minimum absolute atomic E-state index is 0.206. The summed E-state index contributed by atoms with van der Waals surface area (Å²) >= 11 is 0. The topological polar surface area (TPSA) is 42.7 Å². The number of likely N-dealkylation sites (N-methyl/N-ethyl adjacent to an activating group) is 1. The summed E-state index contributed by atoms with van der Waals surface area (Å²) in [6, 6.07) is 6.16. The molecule has 0 bridgehead atoms. The number of carbonyl (C=O) groups excluding carboxylic acids is 1. The van der Waals surface area contributed by atoms with Crippen LogP contribution in [0.4, 0.5) is 0 Å². The molecule has 1 amide bonds. The molecule has 0 atom stereocenters. The highest BCUT2D eigenvalue weighted by molar-refractivity contribution is 5.88. The van der Waals surface area contributed by atoms with E-state index in [2.05, 4.69) is 11.8 Å². The minimum atomic E-state index is 0.206. The second kappa shape index (κ2) is 7.07. The van der Waals surface area contributed by atoms with Crippen LogP contribution in [0.2, 0.25) is 0 Å². The number of ether oxygens (including phenoxy) is 1. The van der Waals surface area contributed by atoms with Gasteiger partial charge in [0, 0.05) is 29.6 Å². The van der Waals surface area contributed by atoms with E-state index in [1.807, 2.05) is 18.2 Å². The summed E-state index contributed by atoms with van der Waals surface area (Å²) < 4.78 is 10.8. The summed E-state index contributed by atoms with van der Waals surface area (Å²) in [5, 5.41) is 0.999. The molecule has 0 N–H and O–H groups in total. The lowest BCUT2D eigenvalue weighted by molar-refractivity contribution is -0.133. The number of rotatable bonds is 5. The van der Waals surface area contributed by atoms with Gasteiger partial charge in [0.15, 0.2) is 0 Å². The van der Waals surface area contributed by atoms with E-state index in [4.69, 9.17) is 9.15 Å². The number of nitrogens with zero attached hydrogens (tertiary/aromatic N) is 1. The fourth-order valence-electron chi connectivity index (χ4n) is 3.62. The lowest BCUT2D eigenvalue weighted by Crippen LogP contribution is -2.42. The molecule has 1 aliphatic carbocycles. The Balaban J connectivity index is 1.76. The van der Waals surface area contributed by atoms with Crippen molar-refractivity contribution in [3.8, 4) is 5.75 Å². The Bertz CT molecular complexity index is 670. The van der Waals surface area contributed by atoms with Crippen LogP contribution >= 0.6 is 0 Å². The third kappa shape index (κ3) is 3.36. The zero-order valence-electron chi connectivity index (χ0n) is 14.0. The lowest BCUT2D eigenvalue weighted by atomic mass is 9.93. The van der Waals surface area contributed by atoms with E-state index in [-0.39, 0.29) is 5.91 Å². The second-order valence-corrected chi connectivity index (χ2v) is 6.27. The molecule has 1 saturated carbocycles. The van der Waals surface area contributed by atoms with Gasteiger partial charge in [0.05, 0.1) is 19.8 Å². The zero-order chi connectivity index (χ0) is 16.2. The number of benzene rings is 1. The van der Waals surface area contributed by atoms with Crippen molar-refractivity contribution in [3.63, 3.8) is 0 Å². The van der Waals surface area contributed by atoms with Crippen LogP contribution in [0, 0.1) is 0 Å². The smallest absolute Gasteiger partial charge is 0.227 e. The molecular weight excluding hydrogens is 290 g/mol. The average molecular weight is 315 g/mol. The third-order valence-corrected chi connectivity index (χ3v) is 4.88. The van der Waals surface area contributed by atoms with Crippen molar-refractivity contribution in [2.75, 3.05) is 13.7 Å². The Hall–Kier alpha value is -1.97. The minimum Gasteiger partial charge on any atom is -0.497 e. The van der Waals surface area contributed by atoms with Crippen LogP contribution in [0.1, 0.15) is 44.6 Å². The Morgan fingerprint density at radius 2 is 2.09 bits per heavy atom. The molecule has 124 valence electrons. The summed E-state index contributed by atoms with van der Waals surface area (Å²) in [5.41, 5.74) is 1.73. The van der Waals surface area contributed by atoms with Gasteiger partial charge in [-0.2, -0.15) is 0 Å². The molecular formula is C19H25NO3. The number of carbonyl (C=O) groups is 1. The number of fused-ring (bicyclic) bond motifs is 1. The second-order valence-electron chi connectivity index (χ2n) is 6.27. The maximum Gasteiger partial charge on any atom is 0.227 e. The van der Waals surface area contributed by atoms with Crippen molar-refractivity contribution >= 4 is 16.9 Å². The highest BCUT2D eigenvalue weighted by Gasteiger charge is 2.24. The lowest BCUT2D eigenvalue weighted by Gasteiger charge is -2.33. The number of methoxy groups -OCH3 is 1. The van der Waals surface area contributed by atoms with Gasteiger partial charge in [0.2, 0.25) is 5.91 Å². The fraction of sp³-hybridized carbons (Fsp3) is 0.526. The predicted octanol–water partition coefficient (Wildman–Crippen LogP) is 4.17. The van der Waals surface area contributed by atoms with Crippen LogP contribution in [-0.2, 0) is 11.2 Å². The fourth-order valence-corrected chi connectivity index (χ4v) is 3.62. The number of hydrogen-bond donors (Lipinski definition) is 0. The number of furan rings is 1. The molecule has 0 saturated heterocycles. The van der Waals surface area contributed by atoms with Crippen molar-refractivity contribution in [2.24, 2.45) is 0 Å². The molecule has 3 rings (SSSR count). The quantitative estimate of drug-likeness (QED) is 0.832. The maximum absolute atomic E-state index is 12.8.